The van der Waals surface area contributed by atoms with Gasteiger partial charge in [0.2, 0.25) is 0 Å². The van der Waals surface area contributed by atoms with Gasteiger partial charge in [0, 0.05) is 92.4 Å². The Bertz CT molecular complexity index is 3790. The predicted octanol–water partition coefficient (Wildman–Crippen LogP) is 16.1. The average molecular weight is 773 g/mol. The Morgan fingerprint density at radius 2 is 1.03 bits per heavy atom. The number of hydrogen-bond donors (Lipinski definition) is 0. The van der Waals surface area contributed by atoms with E-state index < -0.39 is 0 Å². The van der Waals surface area contributed by atoms with Crippen LogP contribution in [0.4, 0.5) is 17.1 Å². The van der Waals surface area contributed by atoms with Crippen molar-refractivity contribution in [1.82, 2.24) is 4.57 Å². The molecule has 0 atom stereocenters. The summed E-state index contributed by atoms with van der Waals surface area (Å²) < 4.78 is 18.4. The van der Waals surface area contributed by atoms with Crippen molar-refractivity contribution in [3.05, 3.63) is 194 Å². The minimum atomic E-state index is 0.842. The number of hydrogen-bond acceptors (Lipinski definition) is 4. The Kier molecular flexibility index (Phi) is 6.85. The fourth-order valence-electron chi connectivity index (χ4n) is 9.45. The first-order valence-electron chi connectivity index (χ1n) is 19.9. The summed E-state index contributed by atoms with van der Waals surface area (Å²) in [5.74, 6) is 0. The molecule has 0 unspecified atom stereocenters. The number of fused-ring (bicyclic) bond motifs is 12. The second kappa shape index (κ2) is 12.4. The predicted molar refractivity (Wildman–Crippen MR) is 248 cm³/mol. The quantitative estimate of drug-likeness (QED) is 0.175. The number of thiophene rings is 1. The molecular formula is C54H32N2O2S. The third kappa shape index (κ3) is 4.77. The summed E-state index contributed by atoms with van der Waals surface area (Å²) in [6.45, 7) is 0. The molecule has 59 heavy (non-hydrogen) atoms. The van der Waals surface area contributed by atoms with Gasteiger partial charge in [-0.1, -0.05) is 109 Å². The number of furan rings is 2. The fraction of sp³-hybridized carbons (Fsp3) is 0. The van der Waals surface area contributed by atoms with E-state index in [4.69, 9.17) is 8.83 Å². The molecule has 4 aromatic heterocycles. The second-order valence-corrected chi connectivity index (χ2v) is 16.3. The highest BCUT2D eigenvalue weighted by Crippen LogP contribution is 2.49. The van der Waals surface area contributed by atoms with Gasteiger partial charge in [0.25, 0.3) is 0 Å². The molecular weight excluding hydrogens is 741 g/mol. The number of aromatic nitrogens is 1. The fourth-order valence-corrected chi connectivity index (χ4v) is 10.5. The summed E-state index contributed by atoms with van der Waals surface area (Å²) in [4.78, 5) is 2.35. The summed E-state index contributed by atoms with van der Waals surface area (Å²) >= 11 is 1.84. The van der Waals surface area contributed by atoms with Crippen LogP contribution in [0, 0.1) is 0 Å². The normalized spacial score (nSPS) is 12.1. The highest BCUT2D eigenvalue weighted by atomic mass is 32.1. The van der Waals surface area contributed by atoms with Crippen LogP contribution in [-0.2, 0) is 0 Å². The number of anilines is 3. The van der Waals surface area contributed by atoms with Gasteiger partial charge in [-0.3, -0.25) is 0 Å². The topological polar surface area (TPSA) is 34.5 Å². The van der Waals surface area contributed by atoms with Crippen LogP contribution in [0.1, 0.15) is 0 Å². The number of para-hydroxylation sites is 5. The third-order valence-corrected chi connectivity index (χ3v) is 13.1. The summed E-state index contributed by atoms with van der Waals surface area (Å²) in [5.41, 5.74) is 12.2. The molecule has 0 bridgehead atoms. The number of rotatable bonds is 5. The molecule has 0 N–H and O–H groups in total. The van der Waals surface area contributed by atoms with Crippen molar-refractivity contribution < 1.29 is 8.83 Å². The molecule has 276 valence electrons. The Hall–Kier alpha value is -7.60. The van der Waals surface area contributed by atoms with Gasteiger partial charge < -0.3 is 18.3 Å². The maximum Gasteiger partial charge on any atom is 0.143 e. The van der Waals surface area contributed by atoms with Crippen LogP contribution in [0.3, 0.4) is 0 Å². The zero-order chi connectivity index (χ0) is 38.6. The molecule has 0 radical (unpaired) electrons. The van der Waals surface area contributed by atoms with Crippen molar-refractivity contribution in [2.45, 2.75) is 0 Å². The monoisotopic (exact) mass is 772 g/mol. The molecule has 0 saturated heterocycles. The molecule has 13 aromatic rings. The minimum absolute atomic E-state index is 0.842. The maximum absolute atomic E-state index is 6.74. The summed E-state index contributed by atoms with van der Waals surface area (Å²) in [5, 5.41) is 9.29. The molecule has 0 aliphatic heterocycles. The van der Waals surface area contributed by atoms with Gasteiger partial charge in [0.15, 0.2) is 0 Å². The molecule has 9 aromatic carbocycles. The van der Waals surface area contributed by atoms with Crippen LogP contribution < -0.4 is 4.90 Å². The minimum Gasteiger partial charge on any atom is -0.456 e. The van der Waals surface area contributed by atoms with Gasteiger partial charge >= 0.3 is 0 Å². The Labute approximate surface area is 342 Å². The van der Waals surface area contributed by atoms with E-state index in [9.17, 15) is 0 Å². The first kappa shape index (κ1) is 32.5. The number of nitrogens with zero attached hydrogens (tertiary/aromatic N) is 2. The molecule has 5 heteroatoms. The van der Waals surface area contributed by atoms with Gasteiger partial charge in [-0.25, -0.2) is 0 Å². The van der Waals surface area contributed by atoms with Crippen LogP contribution in [0.15, 0.2) is 203 Å². The standard InChI is InChI=1S/C54H32N2O2S/c1-2-13-33(14-3-1)55(36-29-30-50-43(31-36)38-16-7-11-24-49(38)59-50)34-25-27-35(28-26-34)56-44-21-8-4-17-40(44)51-45(56)32-48-52(41-18-6-10-23-47(41)57-48)53(51)42-20-12-19-39-37-15-5-9-22-46(37)58-54(39)42/h1-32H. The van der Waals surface area contributed by atoms with Crippen molar-refractivity contribution in [1.29, 1.82) is 0 Å². The molecule has 0 amide bonds. The largest absolute Gasteiger partial charge is 0.456 e. The highest BCUT2D eigenvalue weighted by Gasteiger charge is 2.25. The van der Waals surface area contributed by atoms with E-state index in [0.717, 1.165) is 88.8 Å². The molecule has 0 spiro atoms. The Balaban J connectivity index is 1.06. The van der Waals surface area contributed by atoms with E-state index in [0.29, 0.717) is 0 Å². The molecule has 0 aliphatic carbocycles. The number of benzene rings is 9. The van der Waals surface area contributed by atoms with E-state index in [-0.39, 0.29) is 0 Å². The summed E-state index contributed by atoms with van der Waals surface area (Å²) in [6, 6.07) is 69.4. The van der Waals surface area contributed by atoms with Crippen LogP contribution >= 0.6 is 11.3 Å². The van der Waals surface area contributed by atoms with Gasteiger partial charge in [-0.15, -0.1) is 11.3 Å². The summed E-state index contributed by atoms with van der Waals surface area (Å²) in [6.07, 6.45) is 0. The van der Waals surface area contributed by atoms with E-state index >= 15 is 0 Å². The van der Waals surface area contributed by atoms with Gasteiger partial charge in [-0.05, 0) is 78.9 Å². The van der Waals surface area contributed by atoms with Crippen LogP contribution in [0.5, 0.6) is 0 Å². The van der Waals surface area contributed by atoms with Gasteiger partial charge in [0.05, 0.1) is 11.0 Å². The SMILES string of the molecule is c1ccc(N(c2ccc(-n3c4ccccc4c4c(-c5cccc6c5oc5ccccc56)c5c(cc43)oc3ccccc35)cc2)c2ccc3sc4ccccc4c3c2)cc1. The average Bonchev–Trinajstić information content (AvgIpc) is 4.05. The van der Waals surface area contributed by atoms with Crippen LogP contribution in [-0.4, -0.2) is 4.57 Å². The van der Waals surface area contributed by atoms with Crippen molar-refractivity contribution in [3.63, 3.8) is 0 Å². The smallest absolute Gasteiger partial charge is 0.143 e. The first-order valence-corrected chi connectivity index (χ1v) is 20.7. The molecule has 0 fully saturated rings. The molecule has 0 saturated carbocycles. The van der Waals surface area contributed by atoms with E-state index in [2.05, 4.69) is 191 Å². The molecule has 4 heterocycles. The lowest BCUT2D eigenvalue weighted by Gasteiger charge is -2.26. The van der Waals surface area contributed by atoms with Crippen molar-refractivity contribution >= 4 is 114 Å². The Morgan fingerprint density at radius 1 is 0.390 bits per heavy atom. The molecule has 13 rings (SSSR count). The molecule has 0 aliphatic rings. The van der Waals surface area contributed by atoms with Gasteiger partial charge in [-0.2, -0.15) is 0 Å². The lowest BCUT2D eigenvalue weighted by molar-refractivity contribution is 0.669. The van der Waals surface area contributed by atoms with E-state index in [1.54, 1.807) is 0 Å². The summed E-state index contributed by atoms with van der Waals surface area (Å²) in [7, 11) is 0. The maximum atomic E-state index is 6.74. The lowest BCUT2D eigenvalue weighted by atomic mass is 9.93. The third-order valence-electron chi connectivity index (χ3n) is 12.0. The van der Waals surface area contributed by atoms with E-state index in [1.807, 2.05) is 23.5 Å². The second-order valence-electron chi connectivity index (χ2n) is 15.2. The zero-order valence-electron chi connectivity index (χ0n) is 31.6. The van der Waals surface area contributed by atoms with Crippen molar-refractivity contribution in [2.24, 2.45) is 0 Å². The van der Waals surface area contributed by atoms with Crippen LogP contribution in [0.2, 0.25) is 0 Å². The lowest BCUT2D eigenvalue weighted by Crippen LogP contribution is -2.09. The Morgan fingerprint density at radius 3 is 1.88 bits per heavy atom. The van der Waals surface area contributed by atoms with Crippen LogP contribution in [0.25, 0.3) is 103 Å². The van der Waals surface area contributed by atoms with E-state index in [1.165, 1.54) is 30.9 Å². The van der Waals surface area contributed by atoms with Gasteiger partial charge in [0.1, 0.15) is 22.3 Å². The highest BCUT2D eigenvalue weighted by molar-refractivity contribution is 7.25. The zero-order valence-corrected chi connectivity index (χ0v) is 32.4. The molecule has 4 nitrogen and oxygen atoms in total. The first-order chi connectivity index (χ1) is 29.3. The van der Waals surface area contributed by atoms with Crippen molar-refractivity contribution in [2.75, 3.05) is 4.90 Å². The van der Waals surface area contributed by atoms with Crippen molar-refractivity contribution in [3.8, 4) is 16.8 Å².